The Bertz CT molecular complexity index is 1800. The lowest BCUT2D eigenvalue weighted by molar-refractivity contribution is -0.137. The molecule has 256 valence electrons. The van der Waals surface area contributed by atoms with Crippen molar-refractivity contribution in [2.24, 2.45) is 0 Å². The van der Waals surface area contributed by atoms with Crippen molar-refractivity contribution in [3.05, 3.63) is 55.0 Å². The van der Waals surface area contributed by atoms with Crippen molar-refractivity contribution in [2.75, 3.05) is 62.6 Å². The fraction of sp³-hybridized carbons (Fsp3) is 0.500. The number of carbonyl (C=O) groups excluding carboxylic acids is 1. The molecule has 0 bridgehead atoms. The van der Waals surface area contributed by atoms with Gasteiger partial charge in [0.05, 0.1) is 42.2 Å². The fourth-order valence-electron chi connectivity index (χ4n) is 6.32. The maximum absolute atomic E-state index is 13.3. The molecule has 0 spiro atoms. The van der Waals surface area contributed by atoms with Gasteiger partial charge >= 0.3 is 12.2 Å². The van der Waals surface area contributed by atoms with E-state index in [0.717, 1.165) is 34.1 Å². The number of alkyl halides is 3. The summed E-state index contributed by atoms with van der Waals surface area (Å²) in [6, 6.07) is 5.07. The summed E-state index contributed by atoms with van der Waals surface area (Å²) in [7, 11) is -0.632. The number of ether oxygens (including phenoxy) is 1. The van der Waals surface area contributed by atoms with Gasteiger partial charge in [-0.3, -0.25) is 14.6 Å². The first-order valence-electron chi connectivity index (χ1n) is 15.6. The number of halogens is 3. The number of anilines is 1. The SMILES string of the molecule is CS(C)(C)CCOCn1ccc2c(-c3cnn(C4(CC#N)CN(C5CCN(C(=O)Nc6ccncc6C(F)(F)F)CC5)C4)c3)ncnc21. The van der Waals surface area contributed by atoms with E-state index in [0.29, 0.717) is 58.6 Å². The molecule has 6 heterocycles. The highest BCUT2D eigenvalue weighted by Crippen LogP contribution is 2.38. The van der Waals surface area contributed by atoms with E-state index < -0.39 is 33.3 Å². The molecule has 0 unspecified atom stereocenters. The molecule has 0 saturated carbocycles. The fourth-order valence-corrected chi connectivity index (χ4v) is 6.94. The molecule has 12 nitrogen and oxygen atoms in total. The Morgan fingerprint density at radius 1 is 1.17 bits per heavy atom. The maximum Gasteiger partial charge on any atom is 0.419 e. The van der Waals surface area contributed by atoms with Gasteiger partial charge in [0.25, 0.3) is 0 Å². The minimum atomic E-state index is -4.62. The Balaban J connectivity index is 1.07. The van der Waals surface area contributed by atoms with Crippen LogP contribution in [0, 0.1) is 11.3 Å². The third kappa shape index (κ3) is 7.13. The van der Waals surface area contributed by atoms with Crippen LogP contribution in [-0.4, -0.2) is 108 Å². The van der Waals surface area contributed by atoms with Crippen molar-refractivity contribution >= 4 is 32.8 Å². The van der Waals surface area contributed by atoms with Gasteiger partial charge in [0.2, 0.25) is 0 Å². The second-order valence-corrected chi connectivity index (χ2v) is 17.9. The standard InChI is InChI=1S/C32H39F3N10O2S/c1-48(2,3)15-14-47-22-43-13-7-25-28(38-21-39-29(25)43)23-16-40-45(18-23)31(8-9-36)19-44(20-31)24-5-11-42(12-6-24)30(46)41-27-4-10-37-17-26(27)32(33,34)35/h4,7,10,13,16-18,21,24H,5-6,8,11-12,14-15,19-20,22H2,1-3H3,(H,37,41,46). The Labute approximate surface area is 278 Å². The van der Waals surface area contributed by atoms with Crippen molar-refractivity contribution in [1.82, 2.24) is 39.1 Å². The maximum atomic E-state index is 13.3. The molecule has 0 aromatic carbocycles. The molecule has 2 aliphatic rings. The van der Waals surface area contributed by atoms with Gasteiger partial charge < -0.3 is 19.5 Å². The molecule has 48 heavy (non-hydrogen) atoms. The van der Waals surface area contributed by atoms with E-state index in [4.69, 9.17) is 4.74 Å². The summed E-state index contributed by atoms with van der Waals surface area (Å²) < 4.78 is 49.8. The molecule has 4 aromatic heterocycles. The summed E-state index contributed by atoms with van der Waals surface area (Å²) in [6.45, 7) is 3.14. The van der Waals surface area contributed by atoms with Gasteiger partial charge in [-0.05, 0) is 43.7 Å². The molecule has 0 radical (unpaired) electrons. The second-order valence-electron chi connectivity index (χ2n) is 13.3. The van der Waals surface area contributed by atoms with Crippen LogP contribution in [0.5, 0.6) is 0 Å². The van der Waals surface area contributed by atoms with Crippen LogP contribution in [0.2, 0.25) is 0 Å². The summed E-state index contributed by atoms with van der Waals surface area (Å²) in [5.41, 5.74) is 0.567. The summed E-state index contributed by atoms with van der Waals surface area (Å²) >= 11 is 0. The van der Waals surface area contributed by atoms with Gasteiger partial charge in [-0.15, -0.1) is 0 Å². The van der Waals surface area contributed by atoms with Crippen LogP contribution in [0.1, 0.15) is 24.8 Å². The summed E-state index contributed by atoms with van der Waals surface area (Å²) in [4.78, 5) is 29.3. The van der Waals surface area contributed by atoms with E-state index in [-0.39, 0.29) is 18.2 Å². The largest absolute Gasteiger partial charge is 0.419 e. The quantitative estimate of drug-likeness (QED) is 0.231. The average molecular weight is 685 g/mol. The molecular weight excluding hydrogens is 645 g/mol. The summed E-state index contributed by atoms with van der Waals surface area (Å²) in [5, 5.41) is 17.7. The molecule has 0 aliphatic carbocycles. The summed E-state index contributed by atoms with van der Waals surface area (Å²) in [5.74, 6) is 1.03. The van der Waals surface area contributed by atoms with Crippen LogP contribution >= 0.6 is 10.0 Å². The molecule has 16 heteroatoms. The van der Waals surface area contributed by atoms with Crippen molar-refractivity contribution in [1.29, 1.82) is 5.26 Å². The molecule has 2 amide bonds. The molecule has 0 atom stereocenters. The zero-order valence-corrected chi connectivity index (χ0v) is 28.0. The molecule has 6 rings (SSSR count). The number of nitriles is 1. The lowest BCUT2D eigenvalue weighted by atomic mass is 9.84. The number of aromatic nitrogens is 6. The number of nitrogens with one attached hydrogen (secondary N) is 1. The number of likely N-dealkylation sites (tertiary alicyclic amines) is 2. The van der Waals surface area contributed by atoms with Crippen LogP contribution in [0.4, 0.5) is 23.7 Å². The Morgan fingerprint density at radius 2 is 1.94 bits per heavy atom. The van der Waals surface area contributed by atoms with E-state index in [2.05, 4.69) is 55.1 Å². The van der Waals surface area contributed by atoms with Gasteiger partial charge in [0, 0.05) is 73.7 Å². The number of rotatable bonds is 10. The first-order valence-corrected chi connectivity index (χ1v) is 18.7. The normalized spacial score (nSPS) is 17.6. The Kier molecular flexibility index (Phi) is 9.38. The van der Waals surface area contributed by atoms with Gasteiger partial charge in [0.1, 0.15) is 24.2 Å². The number of pyridine rings is 1. The Morgan fingerprint density at radius 3 is 2.65 bits per heavy atom. The smallest absolute Gasteiger partial charge is 0.360 e. The number of fused-ring (bicyclic) bond motifs is 1. The van der Waals surface area contributed by atoms with E-state index in [1.54, 1.807) is 12.5 Å². The third-order valence-electron chi connectivity index (χ3n) is 9.01. The van der Waals surface area contributed by atoms with Gasteiger partial charge in [-0.25, -0.2) is 24.8 Å². The van der Waals surface area contributed by atoms with Crippen LogP contribution in [-0.2, 0) is 23.2 Å². The number of piperidine rings is 1. The molecule has 1 N–H and O–H groups in total. The van der Waals surface area contributed by atoms with E-state index >= 15 is 0 Å². The molecular formula is C32H39F3N10O2S. The minimum Gasteiger partial charge on any atom is -0.360 e. The predicted octanol–water partition coefficient (Wildman–Crippen LogP) is 5.00. The number of hydrogen-bond acceptors (Lipinski definition) is 8. The van der Waals surface area contributed by atoms with Crippen LogP contribution in [0.25, 0.3) is 22.3 Å². The lowest BCUT2D eigenvalue weighted by Gasteiger charge is -2.53. The number of amides is 2. The first kappa shape index (κ1) is 33.7. The molecule has 2 saturated heterocycles. The topological polar surface area (TPSA) is 130 Å². The van der Waals surface area contributed by atoms with Crippen molar-refractivity contribution in [3.63, 3.8) is 0 Å². The predicted molar refractivity (Wildman–Crippen MR) is 178 cm³/mol. The van der Waals surface area contributed by atoms with Crippen LogP contribution in [0.15, 0.2) is 49.4 Å². The van der Waals surface area contributed by atoms with Crippen LogP contribution in [0.3, 0.4) is 0 Å². The average Bonchev–Trinajstić information content (AvgIpc) is 3.68. The second kappa shape index (κ2) is 13.4. The first-order chi connectivity index (χ1) is 22.9. The number of urea groups is 1. The molecule has 2 fully saturated rings. The van der Waals surface area contributed by atoms with E-state index in [9.17, 15) is 23.2 Å². The van der Waals surface area contributed by atoms with E-state index in [1.807, 2.05) is 27.7 Å². The highest BCUT2D eigenvalue weighted by Gasteiger charge is 2.48. The number of nitrogens with zero attached hydrogens (tertiary/aromatic N) is 9. The zero-order valence-electron chi connectivity index (χ0n) is 27.2. The van der Waals surface area contributed by atoms with E-state index in [1.165, 1.54) is 11.1 Å². The molecule has 2 aliphatic heterocycles. The minimum absolute atomic E-state index is 0.177. The van der Waals surface area contributed by atoms with Crippen molar-refractivity contribution in [3.8, 4) is 17.3 Å². The molecule has 4 aromatic rings. The lowest BCUT2D eigenvalue weighted by Crippen LogP contribution is -2.66. The monoisotopic (exact) mass is 684 g/mol. The van der Waals surface area contributed by atoms with Crippen molar-refractivity contribution < 1.29 is 22.7 Å². The summed E-state index contributed by atoms with van der Waals surface area (Å²) in [6.07, 6.45) is 12.9. The Hall–Kier alpha value is -4.20. The third-order valence-corrected chi connectivity index (χ3v) is 10.4. The zero-order chi connectivity index (χ0) is 34.1. The van der Waals surface area contributed by atoms with Gasteiger partial charge in [-0.1, -0.05) is 0 Å². The number of carbonyl (C=O) groups is 1. The van der Waals surface area contributed by atoms with Gasteiger partial charge in [-0.2, -0.15) is 23.5 Å². The highest BCUT2D eigenvalue weighted by molar-refractivity contribution is 8.32. The highest BCUT2D eigenvalue weighted by atomic mass is 32.3. The van der Waals surface area contributed by atoms with Gasteiger partial charge in [0.15, 0.2) is 0 Å². The number of hydrogen-bond donors (Lipinski definition) is 1. The van der Waals surface area contributed by atoms with Crippen molar-refractivity contribution in [2.45, 2.75) is 43.8 Å². The van der Waals surface area contributed by atoms with Crippen LogP contribution < -0.4 is 5.32 Å².